The number of amides is 2. The maximum absolute atomic E-state index is 11.1. The fourth-order valence-corrected chi connectivity index (χ4v) is 1.38. The molecule has 0 aliphatic rings. The minimum absolute atomic E-state index is 0.0524. The Morgan fingerprint density at radius 3 is 2.92 bits per heavy atom. The highest BCUT2D eigenvalue weighted by atomic mass is 32.1. The van der Waals surface area contributed by atoms with Crippen LogP contribution in [0.1, 0.15) is 4.88 Å². The summed E-state index contributed by atoms with van der Waals surface area (Å²) in [6.45, 7) is 0.620. The first-order valence-electron chi connectivity index (χ1n) is 3.67. The van der Waals surface area contributed by atoms with Crippen molar-refractivity contribution >= 4 is 17.4 Å². The van der Waals surface area contributed by atoms with Crippen molar-refractivity contribution in [1.29, 1.82) is 0 Å². The molecular formula is C8H12N2OS. The second kappa shape index (κ2) is 4.11. The summed E-state index contributed by atoms with van der Waals surface area (Å²) in [4.78, 5) is 13.8. The first-order chi connectivity index (χ1) is 5.70. The Bertz CT molecular complexity index is 244. The average Bonchev–Trinajstić information content (AvgIpc) is 2.51. The molecule has 2 amide bonds. The number of urea groups is 1. The van der Waals surface area contributed by atoms with Crippen LogP contribution in [0.15, 0.2) is 17.5 Å². The fraction of sp³-hybridized carbons (Fsp3) is 0.375. The van der Waals surface area contributed by atoms with Gasteiger partial charge >= 0.3 is 6.03 Å². The van der Waals surface area contributed by atoms with E-state index >= 15 is 0 Å². The Balaban J connectivity index is 2.32. The molecule has 3 nitrogen and oxygen atoms in total. The summed E-state index contributed by atoms with van der Waals surface area (Å²) in [6.07, 6.45) is 0. The smallest absolute Gasteiger partial charge is 0.317 e. The van der Waals surface area contributed by atoms with Gasteiger partial charge in [0.15, 0.2) is 0 Å². The lowest BCUT2D eigenvalue weighted by Crippen LogP contribution is -2.33. The van der Waals surface area contributed by atoms with Gasteiger partial charge in [-0.05, 0) is 11.4 Å². The third-order valence-electron chi connectivity index (χ3n) is 1.40. The summed E-state index contributed by atoms with van der Waals surface area (Å²) < 4.78 is 0. The molecule has 1 heterocycles. The molecule has 0 saturated carbocycles. The molecule has 0 aliphatic heterocycles. The summed E-state index contributed by atoms with van der Waals surface area (Å²) in [6, 6.07) is 3.92. The van der Waals surface area contributed by atoms with Crippen molar-refractivity contribution in [2.45, 2.75) is 6.54 Å². The topological polar surface area (TPSA) is 32.3 Å². The number of carbonyl (C=O) groups excluding carboxylic acids is 1. The van der Waals surface area contributed by atoms with E-state index in [4.69, 9.17) is 0 Å². The molecule has 0 radical (unpaired) electrons. The highest BCUT2D eigenvalue weighted by molar-refractivity contribution is 7.09. The standard InChI is InChI=1S/C8H12N2OS/c1-10(2)8(11)9-6-7-4-3-5-12-7/h3-5H,6H2,1-2H3,(H,9,11). The fourth-order valence-electron chi connectivity index (χ4n) is 0.734. The molecule has 0 bridgehead atoms. The molecule has 1 rings (SSSR count). The highest BCUT2D eigenvalue weighted by Crippen LogP contribution is 2.07. The van der Waals surface area contributed by atoms with Gasteiger partial charge in [-0.25, -0.2) is 4.79 Å². The van der Waals surface area contributed by atoms with Crippen molar-refractivity contribution in [3.63, 3.8) is 0 Å². The van der Waals surface area contributed by atoms with Crippen molar-refractivity contribution in [2.24, 2.45) is 0 Å². The number of nitrogens with one attached hydrogen (secondary N) is 1. The molecule has 66 valence electrons. The lowest BCUT2D eigenvalue weighted by Gasteiger charge is -2.10. The van der Waals surface area contributed by atoms with Gasteiger partial charge in [0.25, 0.3) is 0 Å². The summed E-state index contributed by atoms with van der Waals surface area (Å²) >= 11 is 1.64. The third kappa shape index (κ3) is 2.54. The lowest BCUT2D eigenvalue weighted by molar-refractivity contribution is 0.217. The zero-order valence-corrected chi connectivity index (χ0v) is 8.02. The van der Waals surface area contributed by atoms with Gasteiger partial charge in [-0.2, -0.15) is 0 Å². The maximum atomic E-state index is 11.1. The molecule has 0 aliphatic carbocycles. The quantitative estimate of drug-likeness (QED) is 0.742. The highest BCUT2D eigenvalue weighted by Gasteiger charge is 2.01. The van der Waals surface area contributed by atoms with Crippen molar-refractivity contribution in [3.8, 4) is 0 Å². The van der Waals surface area contributed by atoms with Crippen LogP contribution in [0.3, 0.4) is 0 Å². The van der Waals surface area contributed by atoms with Gasteiger partial charge in [0.2, 0.25) is 0 Å². The monoisotopic (exact) mass is 184 g/mol. The number of nitrogens with zero attached hydrogens (tertiary/aromatic N) is 1. The zero-order chi connectivity index (χ0) is 8.97. The van der Waals surface area contributed by atoms with Crippen LogP contribution in [-0.4, -0.2) is 25.0 Å². The van der Waals surface area contributed by atoms with Crippen LogP contribution in [0.4, 0.5) is 4.79 Å². The largest absolute Gasteiger partial charge is 0.333 e. The Kier molecular flexibility index (Phi) is 3.10. The van der Waals surface area contributed by atoms with E-state index in [-0.39, 0.29) is 6.03 Å². The van der Waals surface area contributed by atoms with Crippen LogP contribution in [0, 0.1) is 0 Å². The van der Waals surface area contributed by atoms with Crippen molar-refractivity contribution in [3.05, 3.63) is 22.4 Å². The Labute approximate surface area is 76.0 Å². The number of hydrogen-bond donors (Lipinski definition) is 1. The number of thiophene rings is 1. The predicted octanol–water partition coefficient (Wildman–Crippen LogP) is 1.52. The van der Waals surface area contributed by atoms with Crippen LogP contribution < -0.4 is 5.32 Å². The molecule has 0 fully saturated rings. The van der Waals surface area contributed by atoms with E-state index in [0.717, 1.165) is 0 Å². The lowest BCUT2D eigenvalue weighted by atomic mass is 10.5. The van der Waals surface area contributed by atoms with Crippen LogP contribution >= 0.6 is 11.3 Å². The van der Waals surface area contributed by atoms with Gasteiger partial charge in [-0.1, -0.05) is 6.07 Å². The average molecular weight is 184 g/mol. The summed E-state index contributed by atoms with van der Waals surface area (Å²) in [5.74, 6) is 0. The molecule has 1 N–H and O–H groups in total. The molecule has 1 aromatic rings. The van der Waals surface area contributed by atoms with Gasteiger partial charge < -0.3 is 10.2 Å². The van der Waals surface area contributed by atoms with Crippen molar-refractivity contribution in [1.82, 2.24) is 10.2 Å². The number of carbonyl (C=O) groups is 1. The Hall–Kier alpha value is -1.03. The first kappa shape index (κ1) is 9.06. The Morgan fingerprint density at radius 1 is 1.67 bits per heavy atom. The molecule has 12 heavy (non-hydrogen) atoms. The van der Waals surface area contributed by atoms with Crippen LogP contribution in [0.2, 0.25) is 0 Å². The van der Waals surface area contributed by atoms with Crippen LogP contribution in [0.25, 0.3) is 0 Å². The van der Waals surface area contributed by atoms with E-state index < -0.39 is 0 Å². The summed E-state index contributed by atoms with van der Waals surface area (Å²) in [7, 11) is 3.45. The molecule has 1 aromatic heterocycles. The van der Waals surface area contributed by atoms with Gasteiger partial charge in [0.1, 0.15) is 0 Å². The molecule has 0 unspecified atom stereocenters. The minimum Gasteiger partial charge on any atom is -0.333 e. The van der Waals surface area contributed by atoms with E-state index in [1.807, 2.05) is 17.5 Å². The van der Waals surface area contributed by atoms with Gasteiger partial charge in [0.05, 0.1) is 6.54 Å². The van der Waals surface area contributed by atoms with E-state index in [9.17, 15) is 4.79 Å². The first-order valence-corrected chi connectivity index (χ1v) is 4.55. The van der Waals surface area contributed by atoms with E-state index in [1.54, 1.807) is 25.4 Å². The minimum atomic E-state index is -0.0524. The molecular weight excluding hydrogens is 172 g/mol. The van der Waals surface area contributed by atoms with Crippen LogP contribution in [-0.2, 0) is 6.54 Å². The van der Waals surface area contributed by atoms with Crippen LogP contribution in [0.5, 0.6) is 0 Å². The second-order valence-corrected chi connectivity index (χ2v) is 3.66. The van der Waals surface area contributed by atoms with E-state index in [2.05, 4.69) is 5.32 Å². The molecule has 0 spiro atoms. The number of rotatable bonds is 2. The van der Waals surface area contributed by atoms with E-state index in [0.29, 0.717) is 6.54 Å². The molecule has 0 atom stereocenters. The molecule has 0 aromatic carbocycles. The predicted molar refractivity (Wildman–Crippen MR) is 50.2 cm³/mol. The summed E-state index contributed by atoms with van der Waals surface area (Å²) in [5, 5.41) is 4.78. The second-order valence-electron chi connectivity index (χ2n) is 2.63. The van der Waals surface area contributed by atoms with Crippen molar-refractivity contribution < 1.29 is 4.79 Å². The summed E-state index contributed by atoms with van der Waals surface area (Å²) in [5.41, 5.74) is 0. The van der Waals surface area contributed by atoms with Gasteiger partial charge in [0, 0.05) is 19.0 Å². The molecule has 4 heteroatoms. The van der Waals surface area contributed by atoms with Crippen molar-refractivity contribution in [2.75, 3.05) is 14.1 Å². The van der Waals surface area contributed by atoms with E-state index in [1.165, 1.54) is 9.78 Å². The maximum Gasteiger partial charge on any atom is 0.317 e. The molecule has 0 saturated heterocycles. The SMILES string of the molecule is CN(C)C(=O)NCc1cccs1. The zero-order valence-electron chi connectivity index (χ0n) is 7.20. The third-order valence-corrected chi connectivity index (χ3v) is 2.28. The normalized spacial score (nSPS) is 9.50. The Morgan fingerprint density at radius 2 is 2.42 bits per heavy atom. The number of hydrogen-bond acceptors (Lipinski definition) is 2. The van der Waals surface area contributed by atoms with Gasteiger partial charge in [-0.3, -0.25) is 0 Å². The van der Waals surface area contributed by atoms with Gasteiger partial charge in [-0.15, -0.1) is 11.3 Å².